The normalized spacial score (nSPS) is 22.2. The summed E-state index contributed by atoms with van der Waals surface area (Å²) < 4.78 is 2.37. The summed E-state index contributed by atoms with van der Waals surface area (Å²) in [6, 6.07) is 3.52. The molecule has 1 unspecified atom stereocenters. The number of carbonyl (C=O) groups is 1. The average molecular weight is 355 g/mol. The third-order valence-electron chi connectivity index (χ3n) is 4.10. The Hall–Kier alpha value is -1.41. The van der Waals surface area contributed by atoms with Crippen LogP contribution >= 0.6 is 22.9 Å². The Morgan fingerprint density at radius 3 is 3.09 bits per heavy atom. The molecule has 0 bridgehead atoms. The van der Waals surface area contributed by atoms with Gasteiger partial charge in [-0.1, -0.05) is 11.6 Å². The number of aryl methyl sites for hydroxylation is 1. The van der Waals surface area contributed by atoms with Crippen LogP contribution < -0.4 is 10.6 Å². The number of nitrogens with one attached hydrogen (secondary N) is 2. The first-order chi connectivity index (χ1) is 11.0. The van der Waals surface area contributed by atoms with Crippen LogP contribution in [-0.2, 0) is 11.8 Å². The quantitative estimate of drug-likeness (QED) is 0.756. The first kappa shape index (κ1) is 16.4. The molecule has 1 aliphatic heterocycles. The van der Waals surface area contributed by atoms with E-state index in [0.717, 1.165) is 17.0 Å². The Morgan fingerprint density at radius 1 is 1.61 bits per heavy atom. The molecule has 2 aromatic rings. The lowest BCUT2D eigenvalue weighted by Gasteiger charge is -2.18. The largest absolute Gasteiger partial charge is 0.386 e. The van der Waals surface area contributed by atoms with Crippen molar-refractivity contribution in [3.05, 3.63) is 39.3 Å². The van der Waals surface area contributed by atoms with Crippen molar-refractivity contribution in [1.29, 1.82) is 0 Å². The van der Waals surface area contributed by atoms with E-state index in [2.05, 4.69) is 15.7 Å². The molecule has 1 fully saturated rings. The topological polar surface area (TPSA) is 79.2 Å². The fourth-order valence-electron chi connectivity index (χ4n) is 2.87. The minimum absolute atomic E-state index is 0.0504. The van der Waals surface area contributed by atoms with E-state index in [1.54, 1.807) is 23.0 Å². The minimum atomic E-state index is -0.734. The van der Waals surface area contributed by atoms with Gasteiger partial charge in [-0.2, -0.15) is 5.10 Å². The monoisotopic (exact) mass is 354 g/mol. The Kier molecular flexibility index (Phi) is 5.01. The summed E-state index contributed by atoms with van der Waals surface area (Å²) in [4.78, 5) is 13.2. The van der Waals surface area contributed by atoms with Crippen molar-refractivity contribution in [1.82, 2.24) is 20.4 Å². The highest BCUT2D eigenvalue weighted by atomic mass is 35.5. The number of nitrogens with zero attached hydrogens (tertiary/aromatic N) is 2. The van der Waals surface area contributed by atoms with Crippen molar-refractivity contribution in [3.63, 3.8) is 0 Å². The van der Waals surface area contributed by atoms with Crippen LogP contribution in [0.3, 0.4) is 0 Å². The van der Waals surface area contributed by atoms with Gasteiger partial charge in [0.25, 0.3) is 0 Å². The maximum absolute atomic E-state index is 12.5. The summed E-state index contributed by atoms with van der Waals surface area (Å²) in [6.07, 6.45) is 3.02. The predicted molar refractivity (Wildman–Crippen MR) is 89.6 cm³/mol. The standard InChI is InChI=1S/C15H19ClN4O2S/c1-20-8-9(4-19-20)10-5-17-6-11(10)15(22)18-7-12(21)13-2-3-14(16)23-13/h2-4,8,10-12,17,21H,5-7H2,1H3,(H,18,22)/t10-,11+,12?/m1/s1. The number of aliphatic hydroxyl groups is 1. The SMILES string of the molecule is Cn1cc([C@H]2CNC[C@@H]2C(=O)NCC(O)c2ccc(Cl)s2)cn1. The molecule has 0 spiro atoms. The van der Waals surface area contributed by atoms with E-state index in [9.17, 15) is 9.90 Å². The number of amides is 1. The molecule has 1 amide bonds. The third kappa shape index (κ3) is 3.74. The van der Waals surface area contributed by atoms with Crippen LogP contribution in [0.1, 0.15) is 22.5 Å². The Bertz CT molecular complexity index is 687. The second-order valence-electron chi connectivity index (χ2n) is 5.72. The summed E-state index contributed by atoms with van der Waals surface area (Å²) in [6.45, 7) is 1.57. The molecule has 124 valence electrons. The zero-order valence-corrected chi connectivity index (χ0v) is 14.3. The van der Waals surface area contributed by atoms with Crippen molar-refractivity contribution in [2.24, 2.45) is 13.0 Å². The molecule has 8 heteroatoms. The molecule has 6 nitrogen and oxygen atoms in total. The summed E-state index contributed by atoms with van der Waals surface area (Å²) >= 11 is 7.18. The maximum atomic E-state index is 12.5. The smallest absolute Gasteiger partial charge is 0.225 e. The molecule has 23 heavy (non-hydrogen) atoms. The van der Waals surface area contributed by atoms with Crippen molar-refractivity contribution >= 4 is 28.8 Å². The van der Waals surface area contributed by atoms with Gasteiger partial charge in [-0.05, 0) is 17.7 Å². The van der Waals surface area contributed by atoms with Gasteiger partial charge in [0, 0.05) is 43.7 Å². The fourth-order valence-corrected chi connectivity index (χ4v) is 3.92. The summed E-state index contributed by atoms with van der Waals surface area (Å²) in [5.74, 6) is -0.0964. The first-order valence-electron chi connectivity index (χ1n) is 7.45. The molecule has 3 rings (SSSR count). The molecule has 3 N–H and O–H groups in total. The van der Waals surface area contributed by atoms with Gasteiger partial charge >= 0.3 is 0 Å². The van der Waals surface area contributed by atoms with E-state index in [1.165, 1.54) is 11.3 Å². The van der Waals surface area contributed by atoms with E-state index in [1.807, 2.05) is 13.2 Å². The summed E-state index contributed by atoms with van der Waals surface area (Å²) in [5, 5.41) is 20.4. The van der Waals surface area contributed by atoms with Gasteiger partial charge in [0.1, 0.15) is 6.10 Å². The van der Waals surface area contributed by atoms with Crippen molar-refractivity contribution < 1.29 is 9.90 Å². The van der Waals surface area contributed by atoms with E-state index < -0.39 is 6.10 Å². The second-order valence-corrected chi connectivity index (χ2v) is 7.47. The highest BCUT2D eigenvalue weighted by Gasteiger charge is 2.34. The number of aromatic nitrogens is 2. The lowest BCUT2D eigenvalue weighted by Crippen LogP contribution is -2.36. The van der Waals surface area contributed by atoms with Gasteiger partial charge in [0.05, 0.1) is 16.5 Å². The van der Waals surface area contributed by atoms with Crippen LogP contribution in [0.4, 0.5) is 0 Å². The first-order valence-corrected chi connectivity index (χ1v) is 8.64. The molecule has 1 saturated heterocycles. The van der Waals surface area contributed by atoms with Gasteiger partial charge in [-0.25, -0.2) is 0 Å². The molecule has 0 aliphatic carbocycles. The molecule has 0 saturated carbocycles. The highest BCUT2D eigenvalue weighted by Crippen LogP contribution is 2.29. The molecule has 3 atom stereocenters. The van der Waals surface area contributed by atoms with E-state index in [0.29, 0.717) is 10.9 Å². The van der Waals surface area contributed by atoms with Crippen LogP contribution in [0.25, 0.3) is 0 Å². The molecule has 3 heterocycles. The van der Waals surface area contributed by atoms with Gasteiger partial charge in [0.15, 0.2) is 0 Å². The Labute approximate surface area is 143 Å². The van der Waals surface area contributed by atoms with E-state index >= 15 is 0 Å². The van der Waals surface area contributed by atoms with Crippen LogP contribution in [0.15, 0.2) is 24.5 Å². The molecule has 1 aliphatic rings. The lowest BCUT2D eigenvalue weighted by atomic mass is 9.90. The van der Waals surface area contributed by atoms with Gasteiger partial charge in [0.2, 0.25) is 5.91 Å². The zero-order valence-electron chi connectivity index (χ0n) is 12.7. The molecular formula is C15H19ClN4O2S. The average Bonchev–Trinajstić information content (AvgIpc) is 3.24. The van der Waals surface area contributed by atoms with Crippen molar-refractivity contribution in [3.8, 4) is 0 Å². The number of hydrogen-bond donors (Lipinski definition) is 3. The number of carbonyl (C=O) groups excluding carboxylic acids is 1. The second kappa shape index (κ2) is 7.00. The summed E-state index contributed by atoms with van der Waals surface area (Å²) in [7, 11) is 1.86. The van der Waals surface area contributed by atoms with Crippen LogP contribution in [0.2, 0.25) is 4.34 Å². The van der Waals surface area contributed by atoms with Gasteiger partial charge in [-0.15, -0.1) is 11.3 Å². The third-order valence-corrected chi connectivity index (χ3v) is 5.43. The summed E-state index contributed by atoms with van der Waals surface area (Å²) in [5.41, 5.74) is 1.06. The minimum Gasteiger partial charge on any atom is -0.386 e. The van der Waals surface area contributed by atoms with Gasteiger partial charge in [-0.3, -0.25) is 9.48 Å². The van der Waals surface area contributed by atoms with E-state index in [4.69, 9.17) is 11.6 Å². The van der Waals surface area contributed by atoms with Gasteiger partial charge < -0.3 is 15.7 Å². The van der Waals surface area contributed by atoms with Crippen LogP contribution in [0.5, 0.6) is 0 Å². The molecular weight excluding hydrogens is 336 g/mol. The Morgan fingerprint density at radius 2 is 2.43 bits per heavy atom. The van der Waals surface area contributed by atoms with Crippen LogP contribution in [0, 0.1) is 5.92 Å². The predicted octanol–water partition coefficient (Wildman–Crippen LogP) is 1.29. The number of rotatable bonds is 5. The number of aliphatic hydroxyl groups excluding tert-OH is 1. The molecule has 0 radical (unpaired) electrons. The number of halogens is 1. The fraction of sp³-hybridized carbons (Fsp3) is 0.467. The number of thiophene rings is 1. The van der Waals surface area contributed by atoms with Crippen LogP contribution in [-0.4, -0.2) is 40.4 Å². The zero-order chi connectivity index (χ0) is 16.4. The van der Waals surface area contributed by atoms with E-state index in [-0.39, 0.29) is 24.3 Å². The van der Waals surface area contributed by atoms with Crippen molar-refractivity contribution in [2.45, 2.75) is 12.0 Å². The maximum Gasteiger partial charge on any atom is 0.225 e. The lowest BCUT2D eigenvalue weighted by molar-refractivity contribution is -0.125. The molecule has 2 aromatic heterocycles. The van der Waals surface area contributed by atoms with Crippen molar-refractivity contribution in [2.75, 3.05) is 19.6 Å². The highest BCUT2D eigenvalue weighted by molar-refractivity contribution is 7.16. The Balaban J connectivity index is 1.59. The molecule has 0 aromatic carbocycles. The number of hydrogen-bond acceptors (Lipinski definition) is 5.